The fourth-order valence-electron chi connectivity index (χ4n) is 2.54. The molecule has 0 saturated carbocycles. The molecule has 1 N–H and O–H groups in total. The fourth-order valence-corrected chi connectivity index (χ4v) is 3.38. The van der Waals surface area contributed by atoms with Crippen LogP contribution in [-0.2, 0) is 26.7 Å². The molecule has 0 aromatic carbocycles. The van der Waals surface area contributed by atoms with E-state index < -0.39 is 47.9 Å². The van der Waals surface area contributed by atoms with Gasteiger partial charge in [0.15, 0.2) is 12.2 Å². The number of alkyl halides is 6. The number of carboxylic acid groups (broad SMARTS) is 1. The Balaban J connectivity index is 0.000000382. The van der Waals surface area contributed by atoms with Crippen molar-refractivity contribution < 1.29 is 55.2 Å². The number of carboxylic acids is 1. The lowest BCUT2D eigenvalue weighted by Gasteiger charge is -2.17. The fraction of sp³-hybridized carbons (Fsp3) is 0.455. The van der Waals surface area contributed by atoms with Gasteiger partial charge in [-0.15, -0.1) is 0 Å². The summed E-state index contributed by atoms with van der Waals surface area (Å²) in [7, 11) is 0. The van der Waals surface area contributed by atoms with Gasteiger partial charge in [-0.1, -0.05) is 13.8 Å². The average Bonchev–Trinajstić information content (AvgIpc) is 2.79. The molecule has 16 heteroatoms. The molecule has 0 bridgehead atoms. The molecule has 2 atom stereocenters. The monoisotopic (exact) mass is 682 g/mol. The van der Waals surface area contributed by atoms with Crippen LogP contribution in [0, 0.1) is 0 Å². The van der Waals surface area contributed by atoms with Crippen LogP contribution in [0.4, 0.5) is 26.3 Å². The molecule has 0 radical (unpaired) electrons. The van der Waals surface area contributed by atoms with Gasteiger partial charge in [0.05, 0.1) is 6.61 Å². The average molecular weight is 684 g/mol. The Morgan fingerprint density at radius 1 is 0.816 bits per heavy atom. The van der Waals surface area contributed by atoms with Crippen molar-refractivity contribution >= 4 is 43.8 Å². The first-order valence-corrected chi connectivity index (χ1v) is 12.3. The highest BCUT2D eigenvalue weighted by atomic mass is 79.9. The van der Waals surface area contributed by atoms with E-state index in [2.05, 4.69) is 41.8 Å². The van der Waals surface area contributed by atoms with E-state index in [-0.39, 0.29) is 40.2 Å². The molecule has 0 aliphatic carbocycles. The maximum absolute atomic E-state index is 12.6. The summed E-state index contributed by atoms with van der Waals surface area (Å²) in [6.07, 6.45) is -10.9. The molecule has 38 heavy (non-hydrogen) atoms. The SMILES string of the molecule is CCC(Oc1cc(Br)nc(C(F)(F)F)c1)C(=O)O.CCOC(=O)C(CC)Oc1cc(Br)nc(C(F)(F)F)c1. The first-order chi connectivity index (χ1) is 17.5. The summed E-state index contributed by atoms with van der Waals surface area (Å²) in [5, 5.41) is 8.76. The lowest BCUT2D eigenvalue weighted by molar-refractivity contribution is -0.151. The smallest absolute Gasteiger partial charge is 0.433 e. The van der Waals surface area contributed by atoms with Crippen LogP contribution in [0.3, 0.4) is 0 Å². The van der Waals surface area contributed by atoms with E-state index in [0.717, 1.165) is 6.07 Å². The summed E-state index contributed by atoms with van der Waals surface area (Å²) in [6.45, 7) is 5.03. The number of aromatic nitrogens is 2. The van der Waals surface area contributed by atoms with E-state index in [1.165, 1.54) is 12.1 Å². The number of pyridine rings is 2. The molecule has 2 heterocycles. The van der Waals surface area contributed by atoms with E-state index in [0.29, 0.717) is 6.07 Å². The first-order valence-electron chi connectivity index (χ1n) is 10.7. The Hall–Kier alpha value is -2.62. The third kappa shape index (κ3) is 11.0. The number of hydrogen-bond acceptors (Lipinski definition) is 7. The zero-order valence-corrected chi connectivity index (χ0v) is 23.2. The molecule has 0 amide bonds. The maximum Gasteiger partial charge on any atom is 0.433 e. The summed E-state index contributed by atoms with van der Waals surface area (Å²) < 4.78 is 90.2. The lowest BCUT2D eigenvalue weighted by atomic mass is 10.2. The number of halogens is 8. The van der Waals surface area contributed by atoms with Gasteiger partial charge in [-0.25, -0.2) is 19.6 Å². The van der Waals surface area contributed by atoms with E-state index in [4.69, 9.17) is 19.3 Å². The maximum atomic E-state index is 12.6. The Labute approximate surface area is 229 Å². The summed E-state index contributed by atoms with van der Waals surface area (Å²) >= 11 is 5.69. The van der Waals surface area contributed by atoms with Gasteiger partial charge in [-0.05, 0) is 51.6 Å². The number of carbonyl (C=O) groups is 2. The molecular weight excluding hydrogens is 662 g/mol. The Kier molecular flexibility index (Phi) is 12.8. The molecule has 212 valence electrons. The summed E-state index contributed by atoms with van der Waals surface area (Å²) in [6, 6.07) is 3.85. The molecule has 0 spiro atoms. The van der Waals surface area contributed by atoms with Crippen LogP contribution in [0.25, 0.3) is 0 Å². The van der Waals surface area contributed by atoms with E-state index in [1.807, 2.05) is 0 Å². The topological polar surface area (TPSA) is 108 Å². The van der Waals surface area contributed by atoms with Crippen molar-refractivity contribution in [2.24, 2.45) is 0 Å². The third-order valence-corrected chi connectivity index (χ3v) is 5.05. The minimum atomic E-state index is -4.62. The highest BCUT2D eigenvalue weighted by molar-refractivity contribution is 9.10. The summed E-state index contributed by atoms with van der Waals surface area (Å²) in [4.78, 5) is 28.8. The first kappa shape index (κ1) is 33.4. The van der Waals surface area contributed by atoms with Gasteiger partial charge in [0, 0.05) is 24.3 Å². The van der Waals surface area contributed by atoms with Crippen molar-refractivity contribution in [1.29, 1.82) is 0 Å². The van der Waals surface area contributed by atoms with Crippen LogP contribution >= 0.6 is 31.9 Å². The molecule has 0 saturated heterocycles. The number of ether oxygens (including phenoxy) is 3. The van der Waals surface area contributed by atoms with Gasteiger partial charge >= 0.3 is 24.3 Å². The second kappa shape index (κ2) is 14.5. The van der Waals surface area contributed by atoms with E-state index in [1.54, 1.807) is 20.8 Å². The number of nitrogens with zero attached hydrogens (tertiary/aromatic N) is 2. The van der Waals surface area contributed by atoms with Crippen LogP contribution in [0.2, 0.25) is 0 Å². The van der Waals surface area contributed by atoms with E-state index in [9.17, 15) is 35.9 Å². The van der Waals surface area contributed by atoms with Crippen molar-refractivity contribution in [3.05, 3.63) is 44.9 Å². The Morgan fingerprint density at radius 3 is 1.53 bits per heavy atom. The van der Waals surface area contributed by atoms with Crippen molar-refractivity contribution in [2.45, 2.75) is 58.2 Å². The molecule has 2 aromatic rings. The summed E-state index contributed by atoms with van der Waals surface area (Å²) in [5.74, 6) is -2.15. The van der Waals surface area contributed by atoms with Gasteiger partial charge < -0.3 is 19.3 Å². The Bertz CT molecular complexity index is 1100. The standard InChI is InChI=1S/C12H13BrF3NO3.C10H9BrF3NO3/c1-3-8(11(18)19-4-2)20-7-5-9(12(14,15)16)17-10(13)6-7;1-2-6(9(16)17)18-5-3-7(10(12,13)14)15-8(11)4-5/h5-6,8H,3-4H2,1-2H3;3-4,6H,2H2,1H3,(H,16,17). The molecule has 0 aliphatic rings. The van der Waals surface area contributed by atoms with Crippen molar-refractivity contribution in [2.75, 3.05) is 6.61 Å². The molecule has 2 rings (SSSR count). The quantitative estimate of drug-likeness (QED) is 0.177. The number of aliphatic carboxylic acids is 1. The van der Waals surface area contributed by atoms with Gasteiger partial charge in [0.1, 0.15) is 32.1 Å². The normalized spacial score (nSPS) is 13.0. The van der Waals surface area contributed by atoms with Gasteiger partial charge in [0.2, 0.25) is 0 Å². The summed E-state index contributed by atoms with van der Waals surface area (Å²) in [5.41, 5.74) is -2.24. The van der Waals surface area contributed by atoms with Crippen LogP contribution in [0.5, 0.6) is 11.5 Å². The molecule has 0 aliphatic heterocycles. The van der Waals surface area contributed by atoms with Crippen LogP contribution in [0.1, 0.15) is 45.0 Å². The van der Waals surface area contributed by atoms with Crippen LogP contribution in [-0.4, -0.2) is 45.8 Å². The van der Waals surface area contributed by atoms with E-state index >= 15 is 0 Å². The van der Waals surface area contributed by atoms with Crippen molar-refractivity contribution in [1.82, 2.24) is 9.97 Å². The van der Waals surface area contributed by atoms with Gasteiger partial charge in [-0.3, -0.25) is 0 Å². The minimum Gasteiger partial charge on any atom is -0.479 e. The molecule has 8 nitrogen and oxygen atoms in total. The third-order valence-electron chi connectivity index (χ3n) is 4.24. The van der Waals surface area contributed by atoms with Crippen LogP contribution in [0.15, 0.2) is 33.5 Å². The number of hydrogen-bond donors (Lipinski definition) is 1. The van der Waals surface area contributed by atoms with Crippen LogP contribution < -0.4 is 9.47 Å². The largest absolute Gasteiger partial charge is 0.479 e. The van der Waals surface area contributed by atoms with Crippen molar-refractivity contribution in [3.63, 3.8) is 0 Å². The number of esters is 1. The zero-order chi connectivity index (χ0) is 29.3. The van der Waals surface area contributed by atoms with Crippen molar-refractivity contribution in [3.8, 4) is 11.5 Å². The number of carbonyl (C=O) groups excluding carboxylic acids is 1. The molecule has 2 aromatic heterocycles. The predicted octanol–water partition coefficient (Wildman–Crippen LogP) is 6.69. The second-order valence-electron chi connectivity index (χ2n) is 7.14. The molecular formula is C22H22Br2F6N2O6. The van der Waals surface area contributed by atoms with Gasteiger partial charge in [-0.2, -0.15) is 26.3 Å². The minimum absolute atomic E-state index is 0.0268. The zero-order valence-electron chi connectivity index (χ0n) is 20.0. The van der Waals surface area contributed by atoms with Gasteiger partial charge in [0.25, 0.3) is 0 Å². The molecule has 2 unspecified atom stereocenters. The highest BCUT2D eigenvalue weighted by Crippen LogP contribution is 2.33. The highest BCUT2D eigenvalue weighted by Gasteiger charge is 2.34. The molecule has 0 fully saturated rings. The Morgan fingerprint density at radius 2 is 1.21 bits per heavy atom. The lowest BCUT2D eigenvalue weighted by Crippen LogP contribution is -2.28. The predicted molar refractivity (Wildman–Crippen MR) is 128 cm³/mol. The second-order valence-corrected chi connectivity index (χ2v) is 8.76. The number of rotatable bonds is 9.